The number of nitriles is 1. The van der Waals surface area contributed by atoms with Gasteiger partial charge < -0.3 is 10.1 Å². The van der Waals surface area contributed by atoms with Crippen LogP contribution in [0.5, 0.6) is 0 Å². The largest absolute Gasteiger partial charge is 0.465 e. The van der Waals surface area contributed by atoms with Crippen molar-refractivity contribution in [2.45, 2.75) is 6.92 Å². The van der Waals surface area contributed by atoms with Crippen LogP contribution in [0.2, 0.25) is 0 Å². The Morgan fingerprint density at radius 2 is 2.27 bits per heavy atom. The molecule has 0 aromatic carbocycles. The Morgan fingerprint density at radius 3 is 2.73 bits per heavy atom. The normalized spacial score (nSPS) is 9.13. The molecule has 1 N–H and O–H groups in total. The molecule has 0 saturated carbocycles. The predicted octanol–water partition coefficient (Wildman–Crippen LogP) is 1.36. The van der Waals surface area contributed by atoms with Crippen molar-refractivity contribution in [1.29, 1.82) is 5.26 Å². The van der Waals surface area contributed by atoms with Gasteiger partial charge in [0.2, 0.25) is 5.91 Å². The van der Waals surface area contributed by atoms with Crippen LogP contribution >= 0.6 is 11.3 Å². The Morgan fingerprint density at radius 1 is 1.60 bits per heavy atom. The summed E-state index contributed by atoms with van der Waals surface area (Å²) in [6.07, 6.45) is 0. The van der Waals surface area contributed by atoms with E-state index in [0.29, 0.717) is 10.6 Å². The van der Waals surface area contributed by atoms with Crippen molar-refractivity contribution < 1.29 is 14.3 Å². The number of hydrogen-bond donors (Lipinski definition) is 1. The monoisotopic (exact) mass is 224 g/mol. The van der Waals surface area contributed by atoms with E-state index < -0.39 is 5.97 Å². The Hall–Kier alpha value is -1.87. The Labute approximate surface area is 90.3 Å². The highest BCUT2D eigenvalue weighted by atomic mass is 32.1. The molecule has 0 atom stereocenters. The number of carbonyl (C=O) groups is 2. The zero-order chi connectivity index (χ0) is 11.4. The molecule has 5 nitrogen and oxygen atoms in total. The van der Waals surface area contributed by atoms with E-state index in [2.05, 4.69) is 10.1 Å². The van der Waals surface area contributed by atoms with Crippen LogP contribution in [0, 0.1) is 11.3 Å². The van der Waals surface area contributed by atoms with Gasteiger partial charge in [0.05, 0.1) is 12.8 Å². The third-order valence-electron chi connectivity index (χ3n) is 1.52. The lowest BCUT2D eigenvalue weighted by atomic mass is 10.3. The summed E-state index contributed by atoms with van der Waals surface area (Å²) < 4.78 is 4.53. The summed E-state index contributed by atoms with van der Waals surface area (Å²) >= 11 is 0.984. The Balaban J connectivity index is 3.12. The lowest BCUT2D eigenvalue weighted by Gasteiger charge is -2.01. The molecule has 1 amide bonds. The van der Waals surface area contributed by atoms with Crippen molar-refractivity contribution in [1.82, 2.24) is 0 Å². The van der Waals surface area contributed by atoms with Crippen LogP contribution < -0.4 is 5.32 Å². The Bertz CT molecular complexity index is 445. The maximum absolute atomic E-state index is 11.3. The topological polar surface area (TPSA) is 79.2 Å². The first-order valence-electron chi connectivity index (χ1n) is 3.98. The molecular formula is C9H8N2O3S. The van der Waals surface area contributed by atoms with Crippen LogP contribution in [0.25, 0.3) is 0 Å². The van der Waals surface area contributed by atoms with Crippen molar-refractivity contribution in [3.63, 3.8) is 0 Å². The summed E-state index contributed by atoms with van der Waals surface area (Å²) in [5.74, 6) is -0.868. The number of rotatable bonds is 2. The second kappa shape index (κ2) is 4.57. The van der Waals surface area contributed by atoms with Gasteiger partial charge >= 0.3 is 5.97 Å². The van der Waals surface area contributed by atoms with Gasteiger partial charge in [-0.15, -0.1) is 11.3 Å². The SMILES string of the molecule is COC(=O)c1sc(C#N)cc1NC(C)=O. The van der Waals surface area contributed by atoms with Gasteiger partial charge in [-0.05, 0) is 6.07 Å². The molecule has 1 heterocycles. The van der Waals surface area contributed by atoms with Gasteiger partial charge in [-0.3, -0.25) is 4.79 Å². The minimum Gasteiger partial charge on any atom is -0.465 e. The summed E-state index contributed by atoms with van der Waals surface area (Å²) in [6.45, 7) is 1.32. The number of thiophene rings is 1. The Kier molecular flexibility index (Phi) is 3.42. The van der Waals surface area contributed by atoms with Gasteiger partial charge in [0.25, 0.3) is 0 Å². The molecule has 0 unspecified atom stereocenters. The highest BCUT2D eigenvalue weighted by molar-refractivity contribution is 7.15. The number of nitrogens with zero attached hydrogens (tertiary/aromatic N) is 1. The molecule has 0 bridgehead atoms. The number of carbonyl (C=O) groups excluding carboxylic acids is 2. The van der Waals surface area contributed by atoms with Crippen molar-refractivity contribution >= 4 is 28.9 Å². The molecule has 0 spiro atoms. The van der Waals surface area contributed by atoms with E-state index in [4.69, 9.17) is 5.26 Å². The van der Waals surface area contributed by atoms with Crippen molar-refractivity contribution in [3.8, 4) is 6.07 Å². The van der Waals surface area contributed by atoms with Crippen molar-refractivity contribution in [2.75, 3.05) is 12.4 Å². The number of anilines is 1. The molecule has 78 valence electrons. The molecule has 0 radical (unpaired) electrons. The van der Waals surface area contributed by atoms with Gasteiger partial charge in [-0.25, -0.2) is 4.79 Å². The molecule has 0 aliphatic carbocycles. The molecule has 0 saturated heterocycles. The molecule has 15 heavy (non-hydrogen) atoms. The summed E-state index contributed by atoms with van der Waals surface area (Å²) in [7, 11) is 1.24. The zero-order valence-corrected chi connectivity index (χ0v) is 8.97. The highest BCUT2D eigenvalue weighted by Crippen LogP contribution is 2.27. The molecule has 1 aromatic rings. The van der Waals surface area contributed by atoms with E-state index in [1.165, 1.54) is 20.1 Å². The summed E-state index contributed by atoms with van der Waals surface area (Å²) in [5.41, 5.74) is 0.316. The van der Waals surface area contributed by atoms with Gasteiger partial charge in [0.1, 0.15) is 15.8 Å². The van der Waals surface area contributed by atoms with Gasteiger partial charge in [0.15, 0.2) is 0 Å². The van der Waals surface area contributed by atoms with Gasteiger partial charge in [-0.2, -0.15) is 5.26 Å². The number of hydrogen-bond acceptors (Lipinski definition) is 5. The molecule has 1 aromatic heterocycles. The molecule has 0 aliphatic heterocycles. The predicted molar refractivity (Wildman–Crippen MR) is 54.7 cm³/mol. The lowest BCUT2D eigenvalue weighted by Crippen LogP contribution is -2.09. The van der Waals surface area contributed by atoms with E-state index in [0.717, 1.165) is 11.3 Å². The minimum atomic E-state index is -0.565. The first kappa shape index (κ1) is 11.2. The molecule has 6 heteroatoms. The smallest absolute Gasteiger partial charge is 0.350 e. The standard InChI is InChI=1S/C9H8N2O3S/c1-5(12)11-7-3-6(4-10)15-8(7)9(13)14-2/h3H,1-2H3,(H,11,12). The maximum Gasteiger partial charge on any atom is 0.350 e. The third-order valence-corrected chi connectivity index (χ3v) is 2.54. The van der Waals surface area contributed by atoms with E-state index >= 15 is 0 Å². The van der Waals surface area contributed by atoms with E-state index in [-0.39, 0.29) is 10.8 Å². The molecular weight excluding hydrogens is 216 g/mol. The van der Waals surface area contributed by atoms with E-state index in [9.17, 15) is 9.59 Å². The zero-order valence-electron chi connectivity index (χ0n) is 8.16. The average Bonchev–Trinajstić information content (AvgIpc) is 2.59. The second-order valence-corrected chi connectivity index (χ2v) is 3.69. The summed E-state index contributed by atoms with van der Waals surface area (Å²) in [5, 5.41) is 11.1. The molecule has 0 fully saturated rings. The van der Waals surface area contributed by atoms with Crippen molar-refractivity contribution in [3.05, 3.63) is 15.8 Å². The van der Waals surface area contributed by atoms with Gasteiger partial charge in [-0.1, -0.05) is 0 Å². The number of nitrogens with one attached hydrogen (secondary N) is 1. The quantitative estimate of drug-likeness (QED) is 0.769. The summed E-state index contributed by atoms with van der Waals surface area (Å²) in [6, 6.07) is 3.34. The first-order valence-corrected chi connectivity index (χ1v) is 4.80. The number of esters is 1. The third kappa shape index (κ3) is 2.54. The fourth-order valence-corrected chi connectivity index (χ4v) is 1.80. The summed E-state index contributed by atoms with van der Waals surface area (Å²) in [4.78, 5) is 22.7. The lowest BCUT2D eigenvalue weighted by molar-refractivity contribution is -0.114. The second-order valence-electron chi connectivity index (χ2n) is 2.64. The fraction of sp³-hybridized carbons (Fsp3) is 0.222. The maximum atomic E-state index is 11.3. The number of methoxy groups -OCH3 is 1. The average molecular weight is 224 g/mol. The minimum absolute atomic E-state index is 0.226. The van der Waals surface area contributed by atoms with Crippen LogP contribution in [0.4, 0.5) is 5.69 Å². The van der Waals surface area contributed by atoms with Crippen LogP contribution in [-0.4, -0.2) is 19.0 Å². The van der Waals surface area contributed by atoms with E-state index in [1.807, 2.05) is 6.07 Å². The van der Waals surface area contributed by atoms with Crippen LogP contribution in [0.15, 0.2) is 6.07 Å². The van der Waals surface area contributed by atoms with Crippen LogP contribution in [0.3, 0.4) is 0 Å². The number of amides is 1. The first-order chi connectivity index (χ1) is 7.08. The van der Waals surface area contributed by atoms with Crippen LogP contribution in [-0.2, 0) is 9.53 Å². The fourth-order valence-electron chi connectivity index (χ4n) is 0.973. The van der Waals surface area contributed by atoms with Gasteiger partial charge in [0, 0.05) is 6.92 Å². The number of ether oxygens (including phenoxy) is 1. The molecule has 1 rings (SSSR count). The van der Waals surface area contributed by atoms with Crippen molar-refractivity contribution in [2.24, 2.45) is 0 Å². The van der Waals surface area contributed by atoms with E-state index in [1.54, 1.807) is 0 Å². The van der Waals surface area contributed by atoms with Crippen LogP contribution in [0.1, 0.15) is 21.5 Å². The molecule has 0 aliphatic rings. The highest BCUT2D eigenvalue weighted by Gasteiger charge is 2.17.